The SMILES string of the molecule is CCS(=O)(=O)c1ccc(CNc2nc3cnc(-c4c(C5CC5)ncnc4C4CC4)nc3n(C3(C)CC3)c2=O)nc1.[HH]. The molecule has 3 fully saturated rings. The van der Waals surface area contributed by atoms with E-state index in [1.54, 1.807) is 30.1 Å². The van der Waals surface area contributed by atoms with Crippen LogP contribution >= 0.6 is 0 Å². The van der Waals surface area contributed by atoms with Crippen molar-refractivity contribution in [1.82, 2.24) is 34.5 Å². The first-order valence-electron chi connectivity index (χ1n) is 13.8. The molecule has 4 aromatic heterocycles. The van der Waals surface area contributed by atoms with Gasteiger partial charge in [0.15, 0.2) is 27.1 Å². The zero-order valence-corrected chi connectivity index (χ0v) is 23.3. The average molecular weight is 561 g/mol. The molecule has 0 unspecified atom stereocenters. The van der Waals surface area contributed by atoms with Gasteiger partial charge in [-0.2, -0.15) is 0 Å². The molecule has 208 valence electrons. The highest BCUT2D eigenvalue weighted by Crippen LogP contribution is 2.49. The molecule has 0 amide bonds. The number of rotatable bonds is 9. The molecule has 40 heavy (non-hydrogen) atoms. The van der Waals surface area contributed by atoms with Crippen LogP contribution < -0.4 is 10.9 Å². The maximum atomic E-state index is 13.8. The van der Waals surface area contributed by atoms with Gasteiger partial charge >= 0.3 is 0 Å². The molecule has 4 heterocycles. The minimum Gasteiger partial charge on any atom is -0.360 e. The number of nitrogens with zero attached hydrogens (tertiary/aromatic N) is 7. The van der Waals surface area contributed by atoms with Crippen molar-refractivity contribution in [3.63, 3.8) is 0 Å². The number of anilines is 1. The standard InChI is InChI=1S/C28H30N8O3S.H2/c1-3-40(38,39)19-9-8-18(29-13-19)12-30-25-27(37)36(28(2)10-11-28)26-20(34-25)14-31-24(35-26)21-22(16-4-5-16)32-15-33-23(21)17-6-7-17;/h8-9,13-17H,3-7,10-12H2,1-2H3,(H,30,34);1H. The summed E-state index contributed by atoms with van der Waals surface area (Å²) in [5.41, 5.74) is 3.98. The molecular weight excluding hydrogens is 528 g/mol. The second-order valence-corrected chi connectivity index (χ2v) is 13.6. The first-order chi connectivity index (χ1) is 19.3. The number of fused-ring (bicyclic) bond motifs is 1. The van der Waals surface area contributed by atoms with E-state index in [9.17, 15) is 13.2 Å². The number of sulfone groups is 1. The van der Waals surface area contributed by atoms with Crippen molar-refractivity contribution in [2.24, 2.45) is 0 Å². The molecule has 0 radical (unpaired) electrons. The van der Waals surface area contributed by atoms with Gasteiger partial charge in [-0.15, -0.1) is 0 Å². The van der Waals surface area contributed by atoms with Crippen LogP contribution in [0.2, 0.25) is 0 Å². The molecule has 12 heteroatoms. The molecule has 0 saturated heterocycles. The van der Waals surface area contributed by atoms with E-state index < -0.39 is 9.84 Å². The molecule has 0 bridgehead atoms. The first-order valence-corrected chi connectivity index (χ1v) is 15.5. The number of hydrogen-bond donors (Lipinski definition) is 1. The normalized spacial score (nSPS) is 18.1. The first kappa shape index (κ1) is 25.2. The zero-order chi connectivity index (χ0) is 27.6. The Balaban J connectivity index is 0.00000302. The van der Waals surface area contributed by atoms with E-state index in [1.807, 2.05) is 0 Å². The van der Waals surface area contributed by atoms with Gasteiger partial charge in [-0.1, -0.05) is 6.92 Å². The number of pyridine rings is 1. The Morgan fingerprint density at radius 1 is 1.00 bits per heavy atom. The van der Waals surface area contributed by atoms with Crippen LogP contribution in [0.15, 0.2) is 40.5 Å². The van der Waals surface area contributed by atoms with Crippen molar-refractivity contribution in [3.8, 4) is 11.4 Å². The highest BCUT2D eigenvalue weighted by atomic mass is 32.2. The summed E-state index contributed by atoms with van der Waals surface area (Å²) in [4.78, 5) is 41.8. The van der Waals surface area contributed by atoms with E-state index in [-0.39, 0.29) is 35.5 Å². The maximum Gasteiger partial charge on any atom is 0.295 e. The largest absolute Gasteiger partial charge is 0.360 e. The summed E-state index contributed by atoms with van der Waals surface area (Å²) in [5, 5.41) is 3.11. The monoisotopic (exact) mass is 560 g/mol. The van der Waals surface area contributed by atoms with Crippen LogP contribution in [0.3, 0.4) is 0 Å². The van der Waals surface area contributed by atoms with Crippen LogP contribution in [-0.4, -0.2) is 48.6 Å². The minimum atomic E-state index is -3.33. The lowest BCUT2D eigenvalue weighted by Gasteiger charge is -2.18. The van der Waals surface area contributed by atoms with Crippen molar-refractivity contribution >= 4 is 26.8 Å². The highest BCUT2D eigenvalue weighted by Gasteiger charge is 2.43. The number of aromatic nitrogens is 7. The Labute approximate surface area is 233 Å². The van der Waals surface area contributed by atoms with Gasteiger partial charge in [-0.3, -0.25) is 14.3 Å². The predicted octanol–water partition coefficient (Wildman–Crippen LogP) is 3.95. The fraction of sp³-hybridized carbons (Fsp3) is 0.464. The van der Waals surface area contributed by atoms with E-state index in [1.165, 1.54) is 12.3 Å². The summed E-state index contributed by atoms with van der Waals surface area (Å²) in [6, 6.07) is 3.18. The van der Waals surface area contributed by atoms with Crippen molar-refractivity contribution in [3.05, 3.63) is 58.3 Å². The third-order valence-electron chi connectivity index (χ3n) is 8.14. The Morgan fingerprint density at radius 3 is 2.27 bits per heavy atom. The smallest absolute Gasteiger partial charge is 0.295 e. The van der Waals surface area contributed by atoms with Gasteiger partial charge in [0.25, 0.3) is 5.56 Å². The lowest BCUT2D eigenvalue weighted by molar-refractivity contribution is 0.527. The average Bonchev–Trinajstić information content (AvgIpc) is 3.81. The van der Waals surface area contributed by atoms with Gasteiger partial charge < -0.3 is 5.32 Å². The van der Waals surface area contributed by atoms with E-state index in [0.29, 0.717) is 34.5 Å². The van der Waals surface area contributed by atoms with Crippen LogP contribution in [0, 0.1) is 0 Å². The van der Waals surface area contributed by atoms with Gasteiger partial charge in [0, 0.05) is 25.0 Å². The predicted molar refractivity (Wildman–Crippen MR) is 151 cm³/mol. The summed E-state index contributed by atoms with van der Waals surface area (Å²) >= 11 is 0. The summed E-state index contributed by atoms with van der Waals surface area (Å²) in [7, 11) is -3.33. The fourth-order valence-corrected chi connectivity index (χ4v) is 5.96. The molecular formula is C28H32N8O3S. The molecule has 0 aliphatic heterocycles. The summed E-state index contributed by atoms with van der Waals surface area (Å²) in [6.07, 6.45) is 10.9. The van der Waals surface area contributed by atoms with Gasteiger partial charge in [0.05, 0.1) is 46.0 Å². The van der Waals surface area contributed by atoms with E-state index >= 15 is 0 Å². The van der Waals surface area contributed by atoms with Crippen molar-refractivity contribution in [1.29, 1.82) is 0 Å². The minimum absolute atomic E-state index is 0. The molecule has 1 N–H and O–H groups in total. The van der Waals surface area contributed by atoms with Crippen LogP contribution in [0.4, 0.5) is 5.82 Å². The summed E-state index contributed by atoms with van der Waals surface area (Å²) in [5.74, 6) is 1.57. The molecule has 3 saturated carbocycles. The van der Waals surface area contributed by atoms with E-state index in [2.05, 4.69) is 32.2 Å². The lowest BCUT2D eigenvalue weighted by atomic mass is 10.0. The van der Waals surface area contributed by atoms with Gasteiger partial charge in [-0.05, 0) is 57.6 Å². The maximum absolute atomic E-state index is 13.8. The Bertz CT molecular complexity index is 1780. The van der Waals surface area contributed by atoms with Crippen LogP contribution in [0.25, 0.3) is 22.6 Å². The zero-order valence-electron chi connectivity index (χ0n) is 22.5. The summed E-state index contributed by atoms with van der Waals surface area (Å²) < 4.78 is 25.9. The fourth-order valence-electron chi connectivity index (χ4n) is 5.14. The molecule has 0 atom stereocenters. The van der Waals surface area contributed by atoms with Gasteiger partial charge in [0.1, 0.15) is 11.8 Å². The number of hydrogen-bond acceptors (Lipinski definition) is 10. The molecule has 7 rings (SSSR count). The summed E-state index contributed by atoms with van der Waals surface area (Å²) in [6.45, 7) is 3.87. The third kappa shape index (κ3) is 4.43. The van der Waals surface area contributed by atoms with Crippen molar-refractivity contribution < 1.29 is 9.84 Å². The molecule has 3 aliphatic rings. The molecule has 0 spiro atoms. The number of nitrogens with one attached hydrogen (secondary N) is 1. The quantitative estimate of drug-likeness (QED) is 0.319. The second kappa shape index (κ2) is 9.12. The molecule has 11 nitrogen and oxygen atoms in total. The van der Waals surface area contributed by atoms with Crippen LogP contribution in [0.1, 0.15) is 82.7 Å². The Kier molecular flexibility index (Phi) is 5.74. The molecule has 3 aliphatic carbocycles. The van der Waals surface area contributed by atoms with Crippen LogP contribution in [0.5, 0.6) is 0 Å². The topological polar surface area (TPSA) is 146 Å². The van der Waals surface area contributed by atoms with Crippen LogP contribution in [-0.2, 0) is 21.9 Å². The molecule has 0 aromatic carbocycles. The second-order valence-electron chi connectivity index (χ2n) is 11.3. The van der Waals surface area contributed by atoms with E-state index in [0.717, 1.165) is 55.5 Å². The van der Waals surface area contributed by atoms with Gasteiger partial charge in [0.2, 0.25) is 0 Å². The highest BCUT2D eigenvalue weighted by molar-refractivity contribution is 7.91. The third-order valence-corrected chi connectivity index (χ3v) is 9.86. The Hall–Kier alpha value is -3.80. The van der Waals surface area contributed by atoms with Crippen molar-refractivity contribution in [2.75, 3.05) is 11.1 Å². The molecule has 4 aromatic rings. The van der Waals surface area contributed by atoms with E-state index in [4.69, 9.17) is 9.97 Å². The lowest BCUT2D eigenvalue weighted by Crippen LogP contribution is -2.32. The Morgan fingerprint density at radius 2 is 1.70 bits per heavy atom. The van der Waals surface area contributed by atoms with Gasteiger partial charge in [-0.25, -0.2) is 33.3 Å². The van der Waals surface area contributed by atoms with Crippen molar-refractivity contribution in [2.45, 2.75) is 81.2 Å².